The first-order valence-electron chi connectivity index (χ1n) is 10.6. The van der Waals surface area contributed by atoms with Crippen LogP contribution in [-0.4, -0.2) is 38.5 Å². The van der Waals surface area contributed by atoms with E-state index in [-0.39, 0.29) is 17.3 Å². The van der Waals surface area contributed by atoms with Gasteiger partial charge >= 0.3 is 0 Å². The van der Waals surface area contributed by atoms with Crippen molar-refractivity contribution < 1.29 is 14.3 Å². The highest BCUT2D eigenvalue weighted by Crippen LogP contribution is 2.37. The molecule has 158 valence electrons. The Hall–Kier alpha value is -1.40. The van der Waals surface area contributed by atoms with Crippen LogP contribution >= 0.6 is 11.8 Å². The summed E-state index contributed by atoms with van der Waals surface area (Å²) in [4.78, 5) is 12.4. The number of rotatable bonds is 13. The second kappa shape index (κ2) is 12.9. The van der Waals surface area contributed by atoms with E-state index in [1.54, 1.807) is 26.0 Å². The molecule has 1 saturated heterocycles. The van der Waals surface area contributed by atoms with Gasteiger partial charge in [0.25, 0.3) is 0 Å². The van der Waals surface area contributed by atoms with Gasteiger partial charge in [0, 0.05) is 12.3 Å². The molecular formula is C22H36N2O3S. The van der Waals surface area contributed by atoms with Crippen molar-refractivity contribution in [3.8, 4) is 11.5 Å². The van der Waals surface area contributed by atoms with Crippen molar-refractivity contribution in [3.63, 3.8) is 0 Å². The first kappa shape index (κ1) is 22.9. The molecular weight excluding hydrogens is 372 g/mol. The summed E-state index contributed by atoms with van der Waals surface area (Å²) in [6.45, 7) is 3.02. The SMILES string of the molecule is CCCCCCCCCCNC(=O)[C@@H]1CSC(c2ccc(OC)c(OC)c2)N1. The number of amides is 1. The van der Waals surface area contributed by atoms with E-state index in [4.69, 9.17) is 9.47 Å². The van der Waals surface area contributed by atoms with E-state index in [0.29, 0.717) is 11.5 Å². The predicted molar refractivity (Wildman–Crippen MR) is 117 cm³/mol. The number of carbonyl (C=O) groups excluding carboxylic acids is 1. The maximum absolute atomic E-state index is 12.4. The third kappa shape index (κ3) is 7.21. The summed E-state index contributed by atoms with van der Waals surface area (Å²) in [5.41, 5.74) is 1.10. The lowest BCUT2D eigenvalue weighted by molar-refractivity contribution is -0.122. The molecule has 0 aliphatic carbocycles. The number of hydrogen-bond acceptors (Lipinski definition) is 5. The van der Waals surface area contributed by atoms with E-state index in [2.05, 4.69) is 17.6 Å². The molecule has 2 rings (SSSR count). The molecule has 6 heteroatoms. The van der Waals surface area contributed by atoms with Crippen molar-refractivity contribution in [2.45, 2.75) is 69.7 Å². The van der Waals surface area contributed by atoms with Crippen molar-refractivity contribution in [2.24, 2.45) is 0 Å². The Morgan fingerprint density at radius 3 is 2.43 bits per heavy atom. The fraction of sp³-hybridized carbons (Fsp3) is 0.682. The van der Waals surface area contributed by atoms with E-state index < -0.39 is 0 Å². The molecule has 2 N–H and O–H groups in total. The summed E-state index contributed by atoms with van der Waals surface area (Å²) >= 11 is 1.75. The molecule has 1 aromatic carbocycles. The van der Waals surface area contributed by atoms with E-state index in [1.807, 2.05) is 18.2 Å². The summed E-state index contributed by atoms with van der Waals surface area (Å²) in [6, 6.07) is 5.76. The van der Waals surface area contributed by atoms with Gasteiger partial charge in [0.05, 0.1) is 25.6 Å². The van der Waals surface area contributed by atoms with Gasteiger partial charge in [-0.05, 0) is 24.1 Å². The minimum absolute atomic E-state index is 0.0960. The number of methoxy groups -OCH3 is 2. The normalized spacial score (nSPS) is 18.8. The van der Waals surface area contributed by atoms with Crippen LogP contribution in [0.3, 0.4) is 0 Å². The molecule has 1 unspecified atom stereocenters. The summed E-state index contributed by atoms with van der Waals surface area (Å²) in [5, 5.41) is 6.62. The van der Waals surface area contributed by atoms with Gasteiger partial charge in [0.1, 0.15) is 0 Å². The van der Waals surface area contributed by atoms with E-state index in [1.165, 1.54) is 44.9 Å². The topological polar surface area (TPSA) is 59.6 Å². The van der Waals surface area contributed by atoms with Crippen molar-refractivity contribution >= 4 is 17.7 Å². The van der Waals surface area contributed by atoms with E-state index in [0.717, 1.165) is 24.3 Å². The Kier molecular flexibility index (Phi) is 10.6. The Morgan fingerprint density at radius 1 is 1.07 bits per heavy atom. The molecule has 28 heavy (non-hydrogen) atoms. The summed E-state index contributed by atoms with van der Waals surface area (Å²) in [6.07, 6.45) is 10.2. The van der Waals surface area contributed by atoms with Gasteiger partial charge in [-0.1, -0.05) is 57.9 Å². The van der Waals surface area contributed by atoms with Gasteiger partial charge in [-0.2, -0.15) is 0 Å². The molecule has 1 aromatic rings. The minimum atomic E-state index is -0.142. The molecule has 0 bridgehead atoms. The van der Waals surface area contributed by atoms with Crippen LogP contribution in [0.4, 0.5) is 0 Å². The van der Waals surface area contributed by atoms with Crippen molar-refractivity contribution in [3.05, 3.63) is 23.8 Å². The van der Waals surface area contributed by atoms with E-state index in [9.17, 15) is 4.79 Å². The van der Waals surface area contributed by atoms with Crippen LogP contribution in [0.25, 0.3) is 0 Å². The Labute approximate surface area is 174 Å². The van der Waals surface area contributed by atoms with Crippen LogP contribution in [0, 0.1) is 0 Å². The summed E-state index contributed by atoms with van der Waals surface area (Å²) in [7, 11) is 3.27. The molecule has 0 radical (unpaired) electrons. The zero-order chi connectivity index (χ0) is 20.2. The molecule has 0 spiro atoms. The molecule has 5 nitrogen and oxygen atoms in total. The third-order valence-corrected chi connectivity index (χ3v) is 6.41. The first-order chi connectivity index (χ1) is 13.7. The number of nitrogens with one attached hydrogen (secondary N) is 2. The van der Waals surface area contributed by atoms with Gasteiger partial charge in [-0.25, -0.2) is 0 Å². The summed E-state index contributed by atoms with van der Waals surface area (Å²) < 4.78 is 10.7. The first-order valence-corrected chi connectivity index (χ1v) is 11.6. The van der Waals surface area contributed by atoms with Crippen LogP contribution in [0.15, 0.2) is 18.2 Å². The lowest BCUT2D eigenvalue weighted by Gasteiger charge is -2.15. The number of hydrogen-bond donors (Lipinski definition) is 2. The number of benzene rings is 1. The number of thioether (sulfide) groups is 1. The van der Waals surface area contributed by atoms with Gasteiger partial charge < -0.3 is 14.8 Å². The lowest BCUT2D eigenvalue weighted by Crippen LogP contribution is -2.42. The average Bonchev–Trinajstić information content (AvgIpc) is 3.22. The molecule has 1 aliphatic rings. The summed E-state index contributed by atoms with van der Waals surface area (Å²) in [5.74, 6) is 2.32. The van der Waals surface area contributed by atoms with Crippen LogP contribution in [0.5, 0.6) is 11.5 Å². The molecule has 0 saturated carbocycles. The zero-order valence-corrected chi connectivity index (χ0v) is 18.4. The minimum Gasteiger partial charge on any atom is -0.493 e. The van der Waals surface area contributed by atoms with Gasteiger partial charge in [-0.15, -0.1) is 11.8 Å². The van der Waals surface area contributed by atoms with Crippen LogP contribution < -0.4 is 20.1 Å². The largest absolute Gasteiger partial charge is 0.493 e. The fourth-order valence-electron chi connectivity index (χ4n) is 3.42. The monoisotopic (exact) mass is 408 g/mol. The second-order valence-electron chi connectivity index (χ2n) is 7.31. The quantitative estimate of drug-likeness (QED) is 0.465. The van der Waals surface area contributed by atoms with Crippen LogP contribution in [0.2, 0.25) is 0 Å². The maximum atomic E-state index is 12.4. The van der Waals surface area contributed by atoms with Crippen LogP contribution in [0.1, 0.15) is 69.2 Å². The Bertz CT molecular complexity index is 597. The third-order valence-electron chi connectivity index (χ3n) is 5.14. The standard InChI is InChI=1S/C22H36N2O3S/c1-4-5-6-7-8-9-10-11-14-23-21(25)18-16-28-22(24-18)17-12-13-19(26-2)20(15-17)27-3/h12-13,15,18,22,24H,4-11,14,16H2,1-3H3,(H,23,25)/t18-,22?/m0/s1. The van der Waals surface area contributed by atoms with Gasteiger partial charge in [-0.3, -0.25) is 10.1 Å². The predicted octanol–water partition coefficient (Wildman–Crippen LogP) is 4.66. The molecule has 1 fully saturated rings. The lowest BCUT2D eigenvalue weighted by atomic mass is 10.1. The second-order valence-corrected chi connectivity index (χ2v) is 8.45. The molecule has 1 amide bonds. The number of unbranched alkanes of at least 4 members (excludes halogenated alkanes) is 7. The molecule has 2 atom stereocenters. The highest BCUT2D eigenvalue weighted by atomic mass is 32.2. The van der Waals surface area contributed by atoms with Crippen molar-refractivity contribution in [1.29, 1.82) is 0 Å². The highest BCUT2D eigenvalue weighted by molar-refractivity contribution is 7.99. The van der Waals surface area contributed by atoms with Gasteiger partial charge in [0.2, 0.25) is 5.91 Å². The van der Waals surface area contributed by atoms with Gasteiger partial charge in [0.15, 0.2) is 11.5 Å². The van der Waals surface area contributed by atoms with E-state index >= 15 is 0 Å². The molecule has 1 heterocycles. The Morgan fingerprint density at radius 2 is 1.75 bits per heavy atom. The smallest absolute Gasteiger partial charge is 0.238 e. The fourth-order valence-corrected chi connectivity index (χ4v) is 4.66. The van der Waals surface area contributed by atoms with Crippen LogP contribution in [-0.2, 0) is 4.79 Å². The maximum Gasteiger partial charge on any atom is 0.238 e. The number of carbonyl (C=O) groups is 1. The average molecular weight is 409 g/mol. The number of ether oxygens (including phenoxy) is 2. The Balaban J connectivity index is 1.66. The molecule has 1 aliphatic heterocycles. The highest BCUT2D eigenvalue weighted by Gasteiger charge is 2.30. The zero-order valence-electron chi connectivity index (χ0n) is 17.6. The molecule has 0 aromatic heterocycles. The van der Waals surface area contributed by atoms with Crippen molar-refractivity contribution in [2.75, 3.05) is 26.5 Å². The van der Waals surface area contributed by atoms with Crippen molar-refractivity contribution in [1.82, 2.24) is 10.6 Å².